The van der Waals surface area contributed by atoms with Crippen LogP contribution in [0.1, 0.15) is 0 Å². The molecule has 0 spiro atoms. The molecule has 0 aromatic rings. The van der Waals surface area contributed by atoms with Gasteiger partial charge in [0.2, 0.25) is 0 Å². The molecule has 0 aromatic carbocycles. The molecule has 1 heterocycles. The van der Waals surface area contributed by atoms with Crippen LogP contribution in [0.2, 0.25) is 0 Å². The van der Waals surface area contributed by atoms with Crippen LogP contribution in [0.25, 0.3) is 0 Å². The smallest absolute Gasteiger partial charge is 0.319 e. The van der Waals surface area contributed by atoms with E-state index in [1.54, 1.807) is 0 Å². The molecule has 1 aliphatic heterocycles. The standard InChI is InChI=1S/C8H14F4N2O/c9-7(10)8(11,12)4-14-1-5-2-15-3-6(5)13/h5-7,14H,1-4,13H2. The quantitative estimate of drug-likeness (QED) is 0.674. The first kappa shape index (κ1) is 12.7. The van der Waals surface area contributed by atoms with Crippen LogP contribution in [0.15, 0.2) is 0 Å². The Morgan fingerprint density at radius 2 is 2.07 bits per heavy atom. The summed E-state index contributed by atoms with van der Waals surface area (Å²) in [6, 6.07) is -0.210. The van der Waals surface area contributed by atoms with Gasteiger partial charge in [-0.3, -0.25) is 0 Å². The molecule has 3 N–H and O–H groups in total. The maximum atomic E-state index is 12.4. The predicted molar refractivity (Wildman–Crippen MR) is 46.1 cm³/mol. The van der Waals surface area contributed by atoms with Gasteiger partial charge in [-0.15, -0.1) is 0 Å². The second kappa shape index (κ2) is 5.09. The molecule has 0 aliphatic carbocycles. The minimum absolute atomic E-state index is 0.0847. The summed E-state index contributed by atoms with van der Waals surface area (Å²) in [5, 5.41) is 2.29. The zero-order chi connectivity index (χ0) is 11.5. The fourth-order valence-electron chi connectivity index (χ4n) is 1.33. The summed E-state index contributed by atoms with van der Waals surface area (Å²) in [7, 11) is 0. The third kappa shape index (κ3) is 3.58. The van der Waals surface area contributed by atoms with Crippen molar-refractivity contribution in [3.8, 4) is 0 Å². The van der Waals surface area contributed by atoms with Crippen LogP contribution in [0, 0.1) is 5.92 Å². The zero-order valence-corrected chi connectivity index (χ0v) is 8.06. The number of ether oxygens (including phenoxy) is 1. The Morgan fingerprint density at radius 1 is 1.40 bits per heavy atom. The van der Waals surface area contributed by atoms with Crippen molar-refractivity contribution >= 4 is 0 Å². The van der Waals surface area contributed by atoms with Crippen molar-refractivity contribution < 1.29 is 22.3 Å². The molecule has 2 unspecified atom stereocenters. The average Bonchev–Trinajstić information content (AvgIpc) is 2.51. The van der Waals surface area contributed by atoms with Crippen LogP contribution in [0.3, 0.4) is 0 Å². The Balaban J connectivity index is 2.21. The van der Waals surface area contributed by atoms with Crippen LogP contribution in [0.4, 0.5) is 17.6 Å². The van der Waals surface area contributed by atoms with Gasteiger partial charge in [-0.05, 0) is 0 Å². The number of halogens is 4. The van der Waals surface area contributed by atoms with Gasteiger partial charge in [0.25, 0.3) is 0 Å². The highest BCUT2D eigenvalue weighted by atomic mass is 19.3. The molecule has 3 nitrogen and oxygen atoms in total. The lowest BCUT2D eigenvalue weighted by Gasteiger charge is -2.18. The first-order valence-electron chi connectivity index (χ1n) is 4.63. The number of hydrogen-bond donors (Lipinski definition) is 2. The lowest BCUT2D eigenvalue weighted by atomic mass is 10.1. The van der Waals surface area contributed by atoms with Gasteiger partial charge in [-0.2, -0.15) is 8.78 Å². The van der Waals surface area contributed by atoms with Gasteiger partial charge in [-0.1, -0.05) is 0 Å². The molecule has 0 amide bonds. The molecule has 0 saturated carbocycles. The predicted octanol–water partition coefficient (Wildman–Crippen LogP) is 0.450. The first-order valence-corrected chi connectivity index (χ1v) is 4.63. The van der Waals surface area contributed by atoms with E-state index in [1.165, 1.54) is 0 Å². The molecular formula is C8H14F4N2O. The van der Waals surface area contributed by atoms with Gasteiger partial charge >= 0.3 is 12.3 Å². The van der Waals surface area contributed by atoms with Gasteiger partial charge in [0.15, 0.2) is 0 Å². The van der Waals surface area contributed by atoms with E-state index in [0.29, 0.717) is 13.2 Å². The molecule has 1 rings (SSSR count). The first-order chi connectivity index (χ1) is 6.93. The second-order valence-corrected chi connectivity index (χ2v) is 3.65. The van der Waals surface area contributed by atoms with Gasteiger partial charge in [-0.25, -0.2) is 8.78 Å². The molecule has 1 fully saturated rings. The Hall–Kier alpha value is -0.400. The van der Waals surface area contributed by atoms with Gasteiger partial charge < -0.3 is 15.8 Å². The van der Waals surface area contributed by atoms with Crippen molar-refractivity contribution in [2.24, 2.45) is 11.7 Å². The lowest BCUT2D eigenvalue weighted by molar-refractivity contribution is -0.125. The number of rotatable bonds is 5. The van der Waals surface area contributed by atoms with Crippen molar-refractivity contribution in [1.29, 1.82) is 0 Å². The van der Waals surface area contributed by atoms with Gasteiger partial charge in [0.05, 0.1) is 19.8 Å². The molecule has 7 heteroatoms. The highest BCUT2D eigenvalue weighted by Gasteiger charge is 2.40. The summed E-state index contributed by atoms with van der Waals surface area (Å²) in [4.78, 5) is 0. The van der Waals surface area contributed by atoms with Crippen molar-refractivity contribution in [1.82, 2.24) is 5.32 Å². The topological polar surface area (TPSA) is 47.3 Å². The third-order valence-electron chi connectivity index (χ3n) is 2.33. The summed E-state index contributed by atoms with van der Waals surface area (Å²) in [6.45, 7) is -0.0939. The maximum absolute atomic E-state index is 12.4. The molecule has 2 atom stereocenters. The third-order valence-corrected chi connectivity index (χ3v) is 2.33. The van der Waals surface area contributed by atoms with Crippen LogP contribution >= 0.6 is 0 Å². The average molecular weight is 230 g/mol. The fraction of sp³-hybridized carbons (Fsp3) is 1.00. The fourth-order valence-corrected chi connectivity index (χ4v) is 1.33. The van der Waals surface area contributed by atoms with Gasteiger partial charge in [0.1, 0.15) is 0 Å². The minimum Gasteiger partial charge on any atom is -0.379 e. The molecule has 90 valence electrons. The second-order valence-electron chi connectivity index (χ2n) is 3.65. The number of alkyl halides is 4. The van der Waals surface area contributed by atoms with Crippen molar-refractivity contribution in [3.63, 3.8) is 0 Å². The van der Waals surface area contributed by atoms with Crippen molar-refractivity contribution in [2.45, 2.75) is 18.4 Å². The zero-order valence-electron chi connectivity index (χ0n) is 8.06. The number of nitrogens with two attached hydrogens (primary N) is 1. The van der Waals surface area contributed by atoms with Crippen LogP contribution in [-0.4, -0.2) is 44.7 Å². The largest absolute Gasteiger partial charge is 0.379 e. The Labute approximate surface area is 85.0 Å². The van der Waals surface area contributed by atoms with E-state index in [4.69, 9.17) is 10.5 Å². The summed E-state index contributed by atoms with van der Waals surface area (Å²) in [6.07, 6.45) is -3.64. The van der Waals surface area contributed by atoms with E-state index in [0.717, 1.165) is 0 Å². The SMILES string of the molecule is NC1COCC1CNCC(F)(F)C(F)F. The van der Waals surface area contributed by atoms with Gasteiger partial charge in [0, 0.05) is 18.5 Å². The molecule has 0 aromatic heterocycles. The monoisotopic (exact) mass is 230 g/mol. The Kier molecular flexibility index (Phi) is 4.30. The number of hydrogen-bond acceptors (Lipinski definition) is 3. The normalized spacial score (nSPS) is 27.6. The molecular weight excluding hydrogens is 216 g/mol. The maximum Gasteiger partial charge on any atom is 0.319 e. The van der Waals surface area contributed by atoms with E-state index in [-0.39, 0.29) is 18.5 Å². The molecule has 0 radical (unpaired) electrons. The van der Waals surface area contributed by atoms with Crippen LogP contribution in [-0.2, 0) is 4.74 Å². The lowest BCUT2D eigenvalue weighted by Crippen LogP contribution is -2.43. The van der Waals surface area contributed by atoms with Crippen molar-refractivity contribution in [2.75, 3.05) is 26.3 Å². The highest BCUT2D eigenvalue weighted by Crippen LogP contribution is 2.21. The van der Waals surface area contributed by atoms with E-state index in [9.17, 15) is 17.6 Å². The van der Waals surface area contributed by atoms with Crippen molar-refractivity contribution in [3.05, 3.63) is 0 Å². The molecule has 1 saturated heterocycles. The Bertz CT molecular complexity index is 203. The highest BCUT2D eigenvalue weighted by molar-refractivity contribution is 4.81. The minimum atomic E-state index is -3.98. The summed E-state index contributed by atoms with van der Waals surface area (Å²) < 4.78 is 53.4. The van der Waals surface area contributed by atoms with E-state index >= 15 is 0 Å². The van der Waals surface area contributed by atoms with E-state index in [2.05, 4.69) is 5.32 Å². The van der Waals surface area contributed by atoms with Crippen LogP contribution < -0.4 is 11.1 Å². The molecule has 1 aliphatic rings. The molecule has 15 heavy (non-hydrogen) atoms. The number of nitrogens with one attached hydrogen (secondary N) is 1. The van der Waals surface area contributed by atoms with E-state index < -0.39 is 18.9 Å². The van der Waals surface area contributed by atoms with Crippen LogP contribution in [0.5, 0.6) is 0 Å². The van der Waals surface area contributed by atoms with E-state index in [1.807, 2.05) is 0 Å². The summed E-state index contributed by atoms with van der Waals surface area (Å²) >= 11 is 0. The molecule has 0 bridgehead atoms. The summed E-state index contributed by atoms with van der Waals surface area (Å²) in [5.41, 5.74) is 5.59. The summed E-state index contributed by atoms with van der Waals surface area (Å²) in [5.74, 6) is -4.07. The Morgan fingerprint density at radius 3 is 2.53 bits per heavy atom.